The van der Waals surface area contributed by atoms with Gasteiger partial charge in [0, 0.05) is 26.2 Å². The molecule has 1 aromatic carbocycles. The van der Waals surface area contributed by atoms with Crippen molar-refractivity contribution in [2.45, 2.75) is 20.3 Å². The quantitative estimate of drug-likeness (QED) is 0.297. The summed E-state index contributed by atoms with van der Waals surface area (Å²) in [5, 5.41) is 3.33. The van der Waals surface area contributed by atoms with Crippen molar-refractivity contribution in [3.8, 4) is 5.75 Å². The van der Waals surface area contributed by atoms with Crippen LogP contribution >= 0.6 is 24.0 Å². The molecule has 0 saturated carbocycles. The second kappa shape index (κ2) is 11.3. The number of benzene rings is 1. The van der Waals surface area contributed by atoms with Gasteiger partial charge in [0.25, 0.3) is 0 Å². The van der Waals surface area contributed by atoms with Crippen molar-refractivity contribution in [3.63, 3.8) is 0 Å². The largest absolute Gasteiger partial charge is 0.497 e. The third-order valence-electron chi connectivity index (χ3n) is 4.55. The molecule has 1 saturated heterocycles. The minimum Gasteiger partial charge on any atom is -0.497 e. The number of guanidine groups is 1. The highest BCUT2D eigenvalue weighted by Gasteiger charge is 2.36. The molecule has 146 valence electrons. The first-order chi connectivity index (χ1) is 12.1. The minimum atomic E-state index is -0.137. The Bertz CT molecular complexity index is 609. The Morgan fingerprint density at radius 2 is 2.12 bits per heavy atom. The average molecular weight is 475 g/mol. The first-order valence-corrected chi connectivity index (χ1v) is 8.83. The molecule has 1 aliphatic rings. The second-order valence-electron chi connectivity index (χ2n) is 6.35. The molecule has 1 heterocycles. The van der Waals surface area contributed by atoms with Crippen LogP contribution in [0.4, 0.5) is 0 Å². The lowest BCUT2D eigenvalue weighted by molar-refractivity contribution is -0.145. The van der Waals surface area contributed by atoms with Crippen LogP contribution in [-0.2, 0) is 16.0 Å². The van der Waals surface area contributed by atoms with E-state index in [4.69, 9.17) is 14.5 Å². The molecule has 1 N–H and O–H groups in total. The minimum absolute atomic E-state index is 0. The van der Waals surface area contributed by atoms with Gasteiger partial charge in [-0.2, -0.15) is 0 Å². The number of nitrogens with zero attached hydrogens (tertiary/aromatic N) is 2. The predicted octanol–water partition coefficient (Wildman–Crippen LogP) is 2.56. The van der Waals surface area contributed by atoms with Crippen LogP contribution in [0.25, 0.3) is 0 Å². The number of ether oxygens (including phenoxy) is 2. The third-order valence-corrected chi connectivity index (χ3v) is 4.55. The second-order valence-corrected chi connectivity index (χ2v) is 6.35. The summed E-state index contributed by atoms with van der Waals surface area (Å²) in [6.07, 6.45) is 0.843. The van der Waals surface area contributed by atoms with E-state index in [0.29, 0.717) is 13.1 Å². The zero-order valence-electron chi connectivity index (χ0n) is 16.0. The summed E-state index contributed by atoms with van der Waals surface area (Å²) in [5.74, 6) is 1.76. The van der Waals surface area contributed by atoms with Gasteiger partial charge in [-0.15, -0.1) is 24.0 Å². The van der Waals surface area contributed by atoms with Crippen molar-refractivity contribution in [2.75, 3.05) is 40.4 Å². The number of carbonyl (C=O) groups is 1. The first kappa shape index (κ1) is 22.5. The maximum Gasteiger partial charge on any atom is 0.310 e. The van der Waals surface area contributed by atoms with Crippen LogP contribution in [0, 0.1) is 11.8 Å². The van der Waals surface area contributed by atoms with E-state index in [1.807, 2.05) is 18.2 Å². The Labute approximate surface area is 173 Å². The smallest absolute Gasteiger partial charge is 0.310 e. The van der Waals surface area contributed by atoms with Crippen molar-refractivity contribution in [1.82, 2.24) is 10.2 Å². The van der Waals surface area contributed by atoms with E-state index < -0.39 is 0 Å². The van der Waals surface area contributed by atoms with Crippen LogP contribution in [0.15, 0.2) is 29.3 Å². The number of nitrogens with one attached hydrogen (secondary N) is 1. The van der Waals surface area contributed by atoms with Gasteiger partial charge in [0.1, 0.15) is 5.75 Å². The fourth-order valence-electron chi connectivity index (χ4n) is 3.14. The summed E-state index contributed by atoms with van der Waals surface area (Å²) in [7, 11) is 3.12. The molecule has 1 fully saturated rings. The zero-order chi connectivity index (χ0) is 18.2. The van der Waals surface area contributed by atoms with Gasteiger partial charge in [0.15, 0.2) is 5.96 Å². The highest BCUT2D eigenvalue weighted by atomic mass is 127. The molecule has 6 nitrogen and oxygen atoms in total. The van der Waals surface area contributed by atoms with Crippen LogP contribution in [0.5, 0.6) is 5.75 Å². The van der Waals surface area contributed by atoms with E-state index in [1.165, 1.54) is 12.7 Å². The van der Waals surface area contributed by atoms with Gasteiger partial charge in [0.2, 0.25) is 0 Å². The van der Waals surface area contributed by atoms with Crippen LogP contribution in [-0.4, -0.2) is 57.2 Å². The van der Waals surface area contributed by atoms with E-state index in [-0.39, 0.29) is 41.8 Å². The van der Waals surface area contributed by atoms with Gasteiger partial charge in [-0.25, -0.2) is 0 Å². The number of hydrogen-bond acceptors (Lipinski definition) is 4. The Balaban J connectivity index is 0.00000338. The Kier molecular flexibility index (Phi) is 9.75. The number of likely N-dealkylation sites (tertiary alicyclic amines) is 1. The maximum atomic E-state index is 11.9. The molecule has 7 heteroatoms. The summed E-state index contributed by atoms with van der Waals surface area (Å²) >= 11 is 0. The van der Waals surface area contributed by atoms with Crippen molar-refractivity contribution < 1.29 is 14.3 Å². The molecular weight excluding hydrogens is 445 g/mol. The van der Waals surface area contributed by atoms with Gasteiger partial charge >= 0.3 is 5.97 Å². The van der Waals surface area contributed by atoms with Crippen LogP contribution in [0.2, 0.25) is 0 Å². The number of carbonyl (C=O) groups excluding carboxylic acids is 1. The van der Waals surface area contributed by atoms with Crippen molar-refractivity contribution in [2.24, 2.45) is 16.8 Å². The summed E-state index contributed by atoms with van der Waals surface area (Å²) in [5.41, 5.74) is 1.20. The molecule has 0 aliphatic carbocycles. The van der Waals surface area contributed by atoms with Crippen LogP contribution < -0.4 is 10.1 Å². The topological polar surface area (TPSA) is 63.2 Å². The van der Waals surface area contributed by atoms with E-state index >= 15 is 0 Å². The molecule has 0 radical (unpaired) electrons. The SMILES string of the molecule is CCNC(=NCCc1cccc(OC)c1)N1CC(C)C(C(=O)OC)C1.I. The molecule has 0 bridgehead atoms. The lowest BCUT2D eigenvalue weighted by Crippen LogP contribution is -2.40. The molecular formula is C19H30IN3O3. The molecule has 2 atom stereocenters. The number of halogens is 1. The molecule has 0 amide bonds. The molecule has 0 aromatic heterocycles. The molecule has 26 heavy (non-hydrogen) atoms. The molecule has 2 unspecified atom stereocenters. The number of aliphatic imine (C=N–C) groups is 1. The van der Waals surface area contributed by atoms with E-state index in [1.54, 1.807) is 7.11 Å². The Morgan fingerprint density at radius 1 is 1.35 bits per heavy atom. The molecule has 2 rings (SSSR count). The van der Waals surface area contributed by atoms with E-state index in [2.05, 4.69) is 30.1 Å². The Morgan fingerprint density at radius 3 is 2.77 bits per heavy atom. The highest BCUT2D eigenvalue weighted by molar-refractivity contribution is 14.0. The monoisotopic (exact) mass is 475 g/mol. The summed E-state index contributed by atoms with van der Waals surface area (Å²) in [6, 6.07) is 8.05. The van der Waals surface area contributed by atoms with Crippen molar-refractivity contribution in [1.29, 1.82) is 0 Å². The predicted molar refractivity (Wildman–Crippen MR) is 114 cm³/mol. The molecule has 1 aromatic rings. The lowest BCUT2D eigenvalue weighted by atomic mass is 9.99. The van der Waals surface area contributed by atoms with Gasteiger partial charge in [-0.1, -0.05) is 19.1 Å². The fourth-order valence-corrected chi connectivity index (χ4v) is 3.14. The first-order valence-electron chi connectivity index (χ1n) is 8.83. The van der Waals surface area contributed by atoms with Gasteiger partial charge in [-0.05, 0) is 37.0 Å². The summed E-state index contributed by atoms with van der Waals surface area (Å²) in [6.45, 7) is 7.08. The van der Waals surface area contributed by atoms with Gasteiger partial charge in [0.05, 0.1) is 20.1 Å². The Hall–Kier alpha value is -1.51. The number of rotatable bonds is 6. The third kappa shape index (κ3) is 6.03. The summed E-state index contributed by atoms with van der Waals surface area (Å²) < 4.78 is 10.2. The number of hydrogen-bond donors (Lipinski definition) is 1. The van der Waals surface area contributed by atoms with Crippen molar-refractivity contribution in [3.05, 3.63) is 29.8 Å². The van der Waals surface area contributed by atoms with Crippen LogP contribution in [0.3, 0.4) is 0 Å². The number of methoxy groups -OCH3 is 2. The van der Waals surface area contributed by atoms with E-state index in [9.17, 15) is 4.79 Å². The normalized spacial score (nSPS) is 19.7. The van der Waals surface area contributed by atoms with Crippen molar-refractivity contribution >= 4 is 35.9 Å². The molecule has 1 aliphatic heterocycles. The summed E-state index contributed by atoms with van der Waals surface area (Å²) in [4.78, 5) is 18.8. The lowest BCUT2D eigenvalue weighted by Gasteiger charge is -2.21. The standard InChI is InChI=1S/C19H29N3O3.HI/c1-5-20-19(22-12-14(2)17(13-22)18(23)25-4)21-10-9-15-7-6-8-16(11-15)24-3;/h6-8,11,14,17H,5,9-10,12-13H2,1-4H3,(H,20,21);1H. The van der Waals surface area contributed by atoms with Crippen LogP contribution in [0.1, 0.15) is 19.4 Å². The fraction of sp³-hybridized carbons (Fsp3) is 0.579. The van der Waals surface area contributed by atoms with E-state index in [0.717, 1.165) is 31.2 Å². The highest BCUT2D eigenvalue weighted by Crippen LogP contribution is 2.24. The average Bonchev–Trinajstić information content (AvgIpc) is 3.02. The van der Waals surface area contributed by atoms with Gasteiger partial charge < -0.3 is 19.7 Å². The zero-order valence-corrected chi connectivity index (χ0v) is 18.4. The maximum absolute atomic E-state index is 11.9. The number of esters is 1. The van der Waals surface area contributed by atoms with Gasteiger partial charge in [-0.3, -0.25) is 9.79 Å². The molecule has 0 spiro atoms.